The fraction of sp³-hybridized carbons (Fsp3) is 0.786. The van der Waals surface area contributed by atoms with E-state index in [0.29, 0.717) is 12.8 Å². The summed E-state index contributed by atoms with van der Waals surface area (Å²) in [5.41, 5.74) is -1.13. The van der Waals surface area contributed by atoms with Crippen LogP contribution >= 0.6 is 0 Å². The first kappa shape index (κ1) is 20.9. The molecule has 0 aliphatic carbocycles. The van der Waals surface area contributed by atoms with Crippen LogP contribution in [0.15, 0.2) is 0 Å². The van der Waals surface area contributed by atoms with Crippen molar-refractivity contribution in [3.63, 3.8) is 0 Å². The molecule has 0 unspecified atom stereocenters. The molecular formula is C14H26O4Sn. The molecule has 0 atom stereocenters. The molecule has 0 aromatic carbocycles. The van der Waals surface area contributed by atoms with E-state index in [1.165, 1.54) is 13.8 Å². The van der Waals surface area contributed by atoms with E-state index in [1.54, 1.807) is 0 Å². The number of esters is 2. The van der Waals surface area contributed by atoms with Gasteiger partial charge in [-0.2, -0.15) is 0 Å². The molecule has 0 aliphatic rings. The normalized spacial score (nSPS) is 10.5. The Labute approximate surface area is 132 Å². The molecule has 0 heterocycles. The van der Waals surface area contributed by atoms with Gasteiger partial charge in [-0.05, 0) is 19.8 Å². The van der Waals surface area contributed by atoms with Crippen LogP contribution in [0, 0.1) is 5.41 Å². The second-order valence-corrected chi connectivity index (χ2v) is 4.73. The topological polar surface area (TPSA) is 60.4 Å². The van der Waals surface area contributed by atoms with Crippen molar-refractivity contribution in [2.75, 3.05) is 0 Å². The van der Waals surface area contributed by atoms with Crippen LogP contribution in [-0.4, -0.2) is 41.6 Å². The van der Waals surface area contributed by atoms with Crippen molar-refractivity contribution in [3.8, 4) is 0 Å². The minimum atomic E-state index is -1.13. The second kappa shape index (κ2) is 10.4. The number of unbranched alkanes of at least 4 members (excludes halogenated alkanes) is 2. The summed E-state index contributed by atoms with van der Waals surface area (Å²) in [6.45, 7) is 6.59. The van der Waals surface area contributed by atoms with Gasteiger partial charge in [-0.3, -0.25) is 14.4 Å². The van der Waals surface area contributed by atoms with E-state index in [4.69, 9.17) is 0 Å². The molecule has 0 saturated carbocycles. The molecule has 0 fully saturated rings. The average Bonchev–Trinajstić information content (AvgIpc) is 2.28. The Bertz CT molecular complexity index is 305. The molecule has 2 radical (unpaired) electrons. The van der Waals surface area contributed by atoms with Gasteiger partial charge in [-0.1, -0.05) is 39.5 Å². The summed E-state index contributed by atoms with van der Waals surface area (Å²) in [5.74, 6) is -1.53. The molecular weight excluding hydrogens is 351 g/mol. The number of carbonyl (C=O) groups excluding carboxylic acids is 3. The SMILES string of the molecule is CCCCC(CCCC)(C(C)=O)C(=O)OC(C)=O.[SnH2]. The van der Waals surface area contributed by atoms with Gasteiger partial charge in [0.15, 0.2) is 0 Å². The van der Waals surface area contributed by atoms with Gasteiger partial charge in [0.25, 0.3) is 0 Å². The summed E-state index contributed by atoms with van der Waals surface area (Å²) < 4.78 is 4.67. The summed E-state index contributed by atoms with van der Waals surface area (Å²) in [5, 5.41) is 0. The van der Waals surface area contributed by atoms with Crippen LogP contribution in [0.1, 0.15) is 66.2 Å². The third-order valence-corrected chi connectivity index (χ3v) is 3.22. The number of carbonyl (C=O) groups is 3. The molecule has 0 amide bonds. The number of hydrogen-bond acceptors (Lipinski definition) is 4. The van der Waals surface area contributed by atoms with Gasteiger partial charge in [0, 0.05) is 6.92 Å². The number of hydrogen-bond donors (Lipinski definition) is 0. The molecule has 0 rings (SSSR count). The Morgan fingerprint density at radius 1 is 0.947 bits per heavy atom. The van der Waals surface area contributed by atoms with E-state index in [-0.39, 0.29) is 29.7 Å². The molecule has 0 aliphatic heterocycles. The quantitative estimate of drug-likeness (QED) is 0.370. The van der Waals surface area contributed by atoms with Gasteiger partial charge in [-0.15, -0.1) is 0 Å². The van der Waals surface area contributed by atoms with E-state index in [2.05, 4.69) is 4.74 Å². The van der Waals surface area contributed by atoms with E-state index >= 15 is 0 Å². The van der Waals surface area contributed by atoms with E-state index in [9.17, 15) is 14.4 Å². The van der Waals surface area contributed by atoms with Crippen LogP contribution in [0.3, 0.4) is 0 Å². The zero-order valence-corrected chi connectivity index (χ0v) is 16.6. The van der Waals surface area contributed by atoms with Crippen LogP contribution in [0.4, 0.5) is 0 Å². The number of Topliss-reactive ketones (excluding diaryl/α,β-unsaturated/α-hetero) is 1. The maximum absolute atomic E-state index is 12.1. The van der Waals surface area contributed by atoms with Gasteiger partial charge < -0.3 is 4.74 Å². The molecule has 4 nitrogen and oxygen atoms in total. The summed E-state index contributed by atoms with van der Waals surface area (Å²) in [7, 11) is 0. The zero-order valence-electron chi connectivity index (χ0n) is 12.6. The summed E-state index contributed by atoms with van der Waals surface area (Å²) in [6.07, 6.45) is 4.27. The third kappa shape index (κ3) is 6.54. The minimum absolute atomic E-state index is 0. The molecule has 0 saturated heterocycles. The molecule has 19 heavy (non-hydrogen) atoms. The van der Waals surface area contributed by atoms with E-state index in [0.717, 1.165) is 25.7 Å². The Kier molecular flexibility index (Phi) is 11.5. The van der Waals surface area contributed by atoms with Crippen molar-refractivity contribution < 1.29 is 19.1 Å². The number of ketones is 1. The van der Waals surface area contributed by atoms with Gasteiger partial charge in [0.2, 0.25) is 0 Å². The molecule has 0 N–H and O–H groups in total. The molecule has 0 spiro atoms. The van der Waals surface area contributed by atoms with Gasteiger partial charge in [0.05, 0.1) is 0 Å². The second-order valence-electron chi connectivity index (χ2n) is 4.73. The van der Waals surface area contributed by atoms with Crippen molar-refractivity contribution >= 4 is 41.6 Å². The summed E-state index contributed by atoms with van der Waals surface area (Å²) >= 11 is 0. The standard InChI is InChI=1S/C14H24O4.Sn.2H/c1-5-7-9-14(11(3)15,10-8-6-2)13(17)18-12(4)16;;;/h5-10H2,1-4H3;;;. The first-order valence-corrected chi connectivity index (χ1v) is 6.64. The predicted octanol–water partition coefficient (Wildman–Crippen LogP) is 2.12. The monoisotopic (exact) mass is 378 g/mol. The third-order valence-electron chi connectivity index (χ3n) is 3.22. The average molecular weight is 377 g/mol. The zero-order chi connectivity index (χ0) is 14.2. The Morgan fingerprint density at radius 2 is 1.37 bits per heavy atom. The molecule has 0 aromatic heterocycles. The molecule has 0 bridgehead atoms. The van der Waals surface area contributed by atoms with Gasteiger partial charge in [0.1, 0.15) is 11.2 Å². The van der Waals surface area contributed by atoms with Crippen LogP contribution in [0.5, 0.6) is 0 Å². The van der Waals surface area contributed by atoms with Crippen molar-refractivity contribution in [3.05, 3.63) is 0 Å². The van der Waals surface area contributed by atoms with Crippen molar-refractivity contribution in [2.45, 2.75) is 66.2 Å². The predicted molar refractivity (Wildman–Crippen MR) is 77.5 cm³/mol. The first-order valence-electron chi connectivity index (χ1n) is 6.64. The van der Waals surface area contributed by atoms with E-state index < -0.39 is 17.4 Å². The van der Waals surface area contributed by atoms with Crippen LogP contribution < -0.4 is 0 Å². The van der Waals surface area contributed by atoms with Crippen LogP contribution in [0.2, 0.25) is 0 Å². The van der Waals surface area contributed by atoms with E-state index in [1.807, 2.05) is 13.8 Å². The molecule has 5 heteroatoms. The number of ether oxygens (including phenoxy) is 1. The molecule has 110 valence electrons. The van der Waals surface area contributed by atoms with Gasteiger partial charge >= 0.3 is 35.8 Å². The van der Waals surface area contributed by atoms with Crippen molar-refractivity contribution in [2.24, 2.45) is 5.41 Å². The Morgan fingerprint density at radius 3 is 1.63 bits per heavy atom. The van der Waals surface area contributed by atoms with Gasteiger partial charge in [-0.25, -0.2) is 0 Å². The van der Waals surface area contributed by atoms with Crippen molar-refractivity contribution in [1.29, 1.82) is 0 Å². The Hall–Kier alpha value is -0.391. The van der Waals surface area contributed by atoms with Crippen molar-refractivity contribution in [1.82, 2.24) is 0 Å². The summed E-state index contributed by atoms with van der Waals surface area (Å²) in [4.78, 5) is 34.9. The van der Waals surface area contributed by atoms with Crippen LogP contribution in [0.25, 0.3) is 0 Å². The summed E-state index contributed by atoms with van der Waals surface area (Å²) in [6, 6.07) is 0. The molecule has 0 aromatic rings. The fourth-order valence-corrected chi connectivity index (χ4v) is 2.01. The number of rotatable bonds is 8. The maximum atomic E-state index is 12.1. The fourth-order valence-electron chi connectivity index (χ4n) is 2.01. The van der Waals surface area contributed by atoms with Crippen LogP contribution in [-0.2, 0) is 19.1 Å². The first-order chi connectivity index (χ1) is 8.40. The Balaban J connectivity index is 0.